The van der Waals surface area contributed by atoms with Gasteiger partial charge in [-0.3, -0.25) is 4.79 Å². The third-order valence-electron chi connectivity index (χ3n) is 5.19. The Morgan fingerprint density at radius 3 is 2.41 bits per heavy atom. The minimum absolute atomic E-state index is 0. The van der Waals surface area contributed by atoms with Gasteiger partial charge in [-0.15, -0.1) is 24.8 Å². The Kier molecular flexibility index (Phi) is 11.5. The van der Waals surface area contributed by atoms with Crippen LogP contribution >= 0.6 is 24.8 Å². The number of hydrogen-bond acceptors (Lipinski definition) is 3. The van der Waals surface area contributed by atoms with Crippen molar-refractivity contribution in [2.45, 2.75) is 57.9 Å². The molecule has 0 bridgehead atoms. The lowest BCUT2D eigenvalue weighted by molar-refractivity contribution is -0.122. The highest BCUT2D eigenvalue weighted by Gasteiger charge is 2.26. The van der Waals surface area contributed by atoms with Crippen LogP contribution in [-0.2, 0) is 4.79 Å². The van der Waals surface area contributed by atoms with Gasteiger partial charge in [0.15, 0.2) is 0 Å². The molecule has 22 heavy (non-hydrogen) atoms. The number of hydrogen-bond donors (Lipinski definition) is 2. The van der Waals surface area contributed by atoms with E-state index >= 15 is 0 Å². The van der Waals surface area contributed by atoms with Crippen molar-refractivity contribution < 1.29 is 4.79 Å². The smallest absolute Gasteiger partial charge is 0.220 e. The van der Waals surface area contributed by atoms with Gasteiger partial charge in [-0.2, -0.15) is 0 Å². The molecule has 6 heteroatoms. The molecule has 0 aromatic rings. The zero-order chi connectivity index (χ0) is 14.4. The van der Waals surface area contributed by atoms with Gasteiger partial charge < -0.3 is 16.0 Å². The SMILES string of the molecule is CCN1CCC(CCNC(=O)C[C@@H]2CCC[C@H]2N)CC1.Cl.Cl. The maximum absolute atomic E-state index is 11.9. The molecule has 1 heterocycles. The van der Waals surface area contributed by atoms with Crippen LogP contribution in [0.3, 0.4) is 0 Å². The molecule has 4 nitrogen and oxygen atoms in total. The molecule has 0 spiro atoms. The maximum Gasteiger partial charge on any atom is 0.220 e. The van der Waals surface area contributed by atoms with Crippen LogP contribution in [0, 0.1) is 11.8 Å². The van der Waals surface area contributed by atoms with Gasteiger partial charge in [-0.05, 0) is 63.6 Å². The van der Waals surface area contributed by atoms with Crippen molar-refractivity contribution in [1.29, 1.82) is 0 Å². The van der Waals surface area contributed by atoms with E-state index in [1.54, 1.807) is 0 Å². The lowest BCUT2D eigenvalue weighted by Crippen LogP contribution is -2.35. The van der Waals surface area contributed by atoms with Crippen LogP contribution in [0.2, 0.25) is 0 Å². The molecule has 0 aromatic carbocycles. The van der Waals surface area contributed by atoms with Crippen molar-refractivity contribution in [1.82, 2.24) is 10.2 Å². The minimum Gasteiger partial charge on any atom is -0.356 e. The number of rotatable bonds is 6. The summed E-state index contributed by atoms with van der Waals surface area (Å²) in [5.41, 5.74) is 6.01. The monoisotopic (exact) mass is 353 g/mol. The quantitative estimate of drug-likeness (QED) is 0.771. The second-order valence-corrected chi connectivity index (χ2v) is 6.58. The number of piperidine rings is 1. The van der Waals surface area contributed by atoms with E-state index in [4.69, 9.17) is 5.73 Å². The van der Waals surface area contributed by atoms with Crippen molar-refractivity contribution in [3.63, 3.8) is 0 Å². The molecule has 1 saturated heterocycles. The molecule has 2 rings (SSSR count). The average Bonchev–Trinajstić information content (AvgIpc) is 2.85. The second kappa shape index (κ2) is 11.5. The maximum atomic E-state index is 11.9. The molecule has 2 aliphatic rings. The fraction of sp³-hybridized carbons (Fsp3) is 0.938. The first-order chi connectivity index (χ1) is 9.69. The zero-order valence-corrected chi connectivity index (χ0v) is 15.4. The van der Waals surface area contributed by atoms with Crippen LogP contribution in [0.25, 0.3) is 0 Å². The summed E-state index contributed by atoms with van der Waals surface area (Å²) < 4.78 is 0. The van der Waals surface area contributed by atoms with Gasteiger partial charge in [0, 0.05) is 19.0 Å². The molecular weight excluding hydrogens is 321 g/mol. The van der Waals surface area contributed by atoms with E-state index in [1.165, 1.54) is 38.9 Å². The summed E-state index contributed by atoms with van der Waals surface area (Å²) in [6, 6.07) is 0.249. The summed E-state index contributed by atoms with van der Waals surface area (Å²) in [5.74, 6) is 1.42. The first-order valence-electron chi connectivity index (χ1n) is 8.43. The van der Waals surface area contributed by atoms with Crippen LogP contribution < -0.4 is 11.1 Å². The second-order valence-electron chi connectivity index (χ2n) is 6.58. The average molecular weight is 354 g/mol. The van der Waals surface area contributed by atoms with Gasteiger partial charge in [0.25, 0.3) is 0 Å². The van der Waals surface area contributed by atoms with Gasteiger partial charge in [0.05, 0.1) is 0 Å². The highest BCUT2D eigenvalue weighted by atomic mass is 35.5. The summed E-state index contributed by atoms with van der Waals surface area (Å²) >= 11 is 0. The van der Waals surface area contributed by atoms with Crippen LogP contribution in [0.4, 0.5) is 0 Å². The van der Waals surface area contributed by atoms with E-state index in [2.05, 4.69) is 17.1 Å². The van der Waals surface area contributed by atoms with Crippen molar-refractivity contribution in [3.8, 4) is 0 Å². The molecule has 2 fully saturated rings. The highest BCUT2D eigenvalue weighted by Crippen LogP contribution is 2.26. The lowest BCUT2D eigenvalue weighted by atomic mass is 9.93. The highest BCUT2D eigenvalue weighted by molar-refractivity contribution is 5.85. The van der Waals surface area contributed by atoms with Gasteiger partial charge in [-0.1, -0.05) is 13.3 Å². The molecule has 1 saturated carbocycles. The Labute approximate surface area is 147 Å². The number of nitrogens with one attached hydrogen (secondary N) is 1. The van der Waals surface area contributed by atoms with Crippen molar-refractivity contribution >= 4 is 30.7 Å². The van der Waals surface area contributed by atoms with Crippen LogP contribution in [0.1, 0.15) is 51.9 Å². The Hall–Kier alpha value is -0.0300. The molecule has 1 aliphatic carbocycles. The molecule has 0 aromatic heterocycles. The summed E-state index contributed by atoms with van der Waals surface area (Å²) in [5, 5.41) is 3.09. The van der Waals surface area contributed by atoms with Crippen molar-refractivity contribution in [3.05, 3.63) is 0 Å². The molecule has 0 unspecified atom stereocenters. The fourth-order valence-electron chi connectivity index (χ4n) is 3.64. The standard InChI is InChI=1S/C16H31N3O.2ClH/c1-2-19-10-7-13(8-11-19)6-9-18-16(20)12-14-4-3-5-15(14)17;;/h13-15H,2-12,17H2,1H3,(H,18,20);2*1H/t14-,15+;;/m0../s1. The molecule has 2 atom stereocenters. The minimum atomic E-state index is 0. The number of carbonyl (C=O) groups excluding carboxylic acids is 1. The molecule has 3 N–H and O–H groups in total. The van der Waals surface area contributed by atoms with Gasteiger partial charge >= 0.3 is 0 Å². The number of carbonyl (C=O) groups is 1. The van der Waals surface area contributed by atoms with E-state index in [9.17, 15) is 4.79 Å². The summed E-state index contributed by atoms with van der Waals surface area (Å²) in [4.78, 5) is 14.4. The van der Waals surface area contributed by atoms with Crippen molar-refractivity contribution in [2.75, 3.05) is 26.2 Å². The molecule has 132 valence electrons. The van der Waals surface area contributed by atoms with E-state index in [-0.39, 0.29) is 36.8 Å². The molecule has 1 amide bonds. The Morgan fingerprint density at radius 1 is 1.18 bits per heavy atom. The number of amides is 1. The Morgan fingerprint density at radius 2 is 1.86 bits per heavy atom. The fourth-order valence-corrected chi connectivity index (χ4v) is 3.64. The van der Waals surface area contributed by atoms with Crippen molar-refractivity contribution in [2.24, 2.45) is 17.6 Å². The zero-order valence-electron chi connectivity index (χ0n) is 13.8. The summed E-state index contributed by atoms with van der Waals surface area (Å²) in [6.45, 7) is 6.70. The molecule has 0 radical (unpaired) electrons. The Bertz CT molecular complexity index is 310. The predicted molar refractivity (Wildman–Crippen MR) is 96.9 cm³/mol. The third kappa shape index (κ3) is 7.03. The molecular formula is C16H33Cl2N3O. The van der Waals surface area contributed by atoms with Gasteiger partial charge in [0.2, 0.25) is 5.91 Å². The predicted octanol–water partition coefficient (Wildman–Crippen LogP) is 2.59. The van der Waals surface area contributed by atoms with Gasteiger partial charge in [-0.25, -0.2) is 0 Å². The topological polar surface area (TPSA) is 58.4 Å². The largest absolute Gasteiger partial charge is 0.356 e. The van der Waals surface area contributed by atoms with Gasteiger partial charge in [0.1, 0.15) is 0 Å². The number of likely N-dealkylation sites (tertiary alicyclic amines) is 1. The first kappa shape index (κ1) is 22.0. The van der Waals surface area contributed by atoms with Crippen LogP contribution in [0.5, 0.6) is 0 Å². The van der Waals surface area contributed by atoms with E-state index in [0.717, 1.165) is 31.7 Å². The van der Waals surface area contributed by atoms with E-state index < -0.39 is 0 Å². The normalized spacial score (nSPS) is 26.1. The summed E-state index contributed by atoms with van der Waals surface area (Å²) in [7, 11) is 0. The Balaban J connectivity index is 0.00000220. The number of nitrogens with two attached hydrogens (primary N) is 1. The number of halogens is 2. The lowest BCUT2D eigenvalue weighted by Gasteiger charge is -2.31. The van der Waals surface area contributed by atoms with E-state index in [1.807, 2.05) is 0 Å². The molecule has 1 aliphatic heterocycles. The summed E-state index contributed by atoms with van der Waals surface area (Å²) in [6.07, 6.45) is 7.76. The van der Waals surface area contributed by atoms with Crippen LogP contribution in [-0.4, -0.2) is 43.0 Å². The van der Waals surface area contributed by atoms with E-state index in [0.29, 0.717) is 12.3 Å². The van der Waals surface area contributed by atoms with Crippen LogP contribution in [0.15, 0.2) is 0 Å². The first-order valence-corrected chi connectivity index (χ1v) is 8.43. The number of nitrogens with zero attached hydrogens (tertiary/aromatic N) is 1. The third-order valence-corrected chi connectivity index (χ3v) is 5.19.